The average molecular weight is 185 g/mol. The fourth-order valence-electron chi connectivity index (χ4n) is 2.27. The second-order valence-electron chi connectivity index (χ2n) is 4.40. The minimum atomic E-state index is 0.848. The van der Waals surface area contributed by atoms with Gasteiger partial charge in [0.05, 0.1) is 0 Å². The molecule has 3 rings (SSSR count). The second-order valence-corrected chi connectivity index (χ2v) is 4.40. The Morgan fingerprint density at radius 1 is 1.29 bits per heavy atom. The van der Waals surface area contributed by atoms with Gasteiger partial charge < -0.3 is 4.57 Å². The van der Waals surface area contributed by atoms with Crippen molar-refractivity contribution in [3.63, 3.8) is 0 Å². The Morgan fingerprint density at radius 2 is 2.07 bits per heavy atom. The van der Waals surface area contributed by atoms with E-state index in [-0.39, 0.29) is 0 Å². The molecule has 0 amide bonds. The van der Waals surface area contributed by atoms with Gasteiger partial charge in [-0.1, -0.05) is 12.1 Å². The average Bonchev–Trinajstić information content (AvgIpc) is 2.96. The molecule has 0 saturated heterocycles. The van der Waals surface area contributed by atoms with Crippen molar-refractivity contribution in [2.45, 2.75) is 25.7 Å². The molecule has 14 heavy (non-hydrogen) atoms. The minimum Gasteiger partial charge on any atom is -0.348 e. The van der Waals surface area contributed by atoms with Gasteiger partial charge in [0.1, 0.15) is 0 Å². The summed E-state index contributed by atoms with van der Waals surface area (Å²) in [6.45, 7) is 2.18. The van der Waals surface area contributed by atoms with E-state index in [1.165, 1.54) is 29.4 Å². The standard InChI is InChI=1S/C13H15N/c1-9-8-12-11(10-6-7-10)4-3-5-13(12)14(9)2/h3-5,8,10H,6-7H2,1-2H3. The molecule has 1 aromatic carbocycles. The molecule has 1 aliphatic carbocycles. The lowest BCUT2D eigenvalue weighted by Crippen LogP contribution is -1.89. The van der Waals surface area contributed by atoms with Crippen LogP contribution in [0, 0.1) is 6.92 Å². The summed E-state index contributed by atoms with van der Waals surface area (Å²) in [5.41, 5.74) is 4.30. The lowest BCUT2D eigenvalue weighted by atomic mass is 10.1. The number of hydrogen-bond acceptors (Lipinski definition) is 0. The predicted octanol–water partition coefficient (Wildman–Crippen LogP) is 3.36. The number of hydrogen-bond donors (Lipinski definition) is 0. The normalized spacial score (nSPS) is 16.4. The Balaban J connectivity index is 2.35. The smallest absolute Gasteiger partial charge is 0.0482 e. The lowest BCUT2D eigenvalue weighted by molar-refractivity contribution is 0.918. The summed E-state index contributed by atoms with van der Waals surface area (Å²) in [6.07, 6.45) is 2.76. The molecule has 72 valence electrons. The SMILES string of the molecule is Cc1cc2c(C3CC3)cccc2n1C. The Hall–Kier alpha value is -1.24. The van der Waals surface area contributed by atoms with Crippen LogP contribution in [-0.4, -0.2) is 4.57 Å². The Kier molecular flexibility index (Phi) is 1.52. The third kappa shape index (κ3) is 1.02. The largest absolute Gasteiger partial charge is 0.348 e. The molecule has 1 aliphatic rings. The van der Waals surface area contributed by atoms with E-state index < -0.39 is 0 Å². The summed E-state index contributed by atoms with van der Waals surface area (Å²) < 4.78 is 2.28. The fraction of sp³-hybridized carbons (Fsp3) is 0.385. The molecule has 1 aromatic heterocycles. The summed E-state index contributed by atoms with van der Waals surface area (Å²) in [5.74, 6) is 0.848. The zero-order valence-corrected chi connectivity index (χ0v) is 8.75. The molecule has 0 spiro atoms. The van der Waals surface area contributed by atoms with E-state index in [0.29, 0.717) is 0 Å². The zero-order chi connectivity index (χ0) is 9.71. The van der Waals surface area contributed by atoms with Gasteiger partial charge in [-0.3, -0.25) is 0 Å². The summed E-state index contributed by atoms with van der Waals surface area (Å²) in [7, 11) is 2.15. The van der Waals surface area contributed by atoms with Gasteiger partial charge in [0, 0.05) is 23.6 Å². The van der Waals surface area contributed by atoms with Gasteiger partial charge in [0.2, 0.25) is 0 Å². The van der Waals surface area contributed by atoms with E-state index in [1.54, 1.807) is 5.56 Å². The van der Waals surface area contributed by atoms with Gasteiger partial charge in [0.15, 0.2) is 0 Å². The molecule has 0 unspecified atom stereocenters. The topological polar surface area (TPSA) is 4.93 Å². The maximum atomic E-state index is 2.32. The van der Waals surface area contributed by atoms with Crippen molar-refractivity contribution in [1.29, 1.82) is 0 Å². The van der Waals surface area contributed by atoms with Crippen molar-refractivity contribution in [1.82, 2.24) is 4.57 Å². The van der Waals surface area contributed by atoms with E-state index in [0.717, 1.165) is 5.92 Å². The van der Waals surface area contributed by atoms with Crippen LogP contribution in [0.2, 0.25) is 0 Å². The third-order valence-corrected chi connectivity index (χ3v) is 3.38. The van der Waals surface area contributed by atoms with Crippen LogP contribution in [0.3, 0.4) is 0 Å². The first-order valence-electron chi connectivity index (χ1n) is 5.32. The van der Waals surface area contributed by atoms with Crippen molar-refractivity contribution in [2.75, 3.05) is 0 Å². The second kappa shape index (κ2) is 2.63. The third-order valence-electron chi connectivity index (χ3n) is 3.38. The first-order valence-corrected chi connectivity index (χ1v) is 5.32. The fourth-order valence-corrected chi connectivity index (χ4v) is 2.27. The number of fused-ring (bicyclic) bond motifs is 1. The van der Waals surface area contributed by atoms with Crippen LogP contribution >= 0.6 is 0 Å². The summed E-state index contributed by atoms with van der Waals surface area (Å²) >= 11 is 0. The van der Waals surface area contributed by atoms with E-state index in [1.807, 2.05) is 0 Å². The number of aromatic nitrogens is 1. The minimum absolute atomic E-state index is 0.848. The van der Waals surface area contributed by atoms with Crippen LogP contribution in [0.4, 0.5) is 0 Å². The van der Waals surface area contributed by atoms with E-state index in [4.69, 9.17) is 0 Å². The molecular weight excluding hydrogens is 170 g/mol. The van der Waals surface area contributed by atoms with E-state index in [9.17, 15) is 0 Å². The van der Waals surface area contributed by atoms with Gasteiger partial charge in [-0.15, -0.1) is 0 Å². The lowest BCUT2D eigenvalue weighted by Gasteiger charge is -2.02. The Labute approximate surface area is 84.4 Å². The first kappa shape index (κ1) is 8.10. The van der Waals surface area contributed by atoms with Crippen molar-refractivity contribution >= 4 is 10.9 Å². The molecule has 0 N–H and O–H groups in total. The van der Waals surface area contributed by atoms with Gasteiger partial charge in [0.25, 0.3) is 0 Å². The molecule has 2 aromatic rings. The zero-order valence-electron chi connectivity index (χ0n) is 8.75. The van der Waals surface area contributed by atoms with Crippen molar-refractivity contribution < 1.29 is 0 Å². The van der Waals surface area contributed by atoms with Gasteiger partial charge in [-0.25, -0.2) is 0 Å². The Bertz CT molecular complexity index is 489. The van der Waals surface area contributed by atoms with Crippen molar-refractivity contribution in [3.8, 4) is 0 Å². The van der Waals surface area contributed by atoms with Gasteiger partial charge >= 0.3 is 0 Å². The number of rotatable bonds is 1. The van der Waals surface area contributed by atoms with Crippen LogP contribution in [0.25, 0.3) is 10.9 Å². The summed E-state index contributed by atoms with van der Waals surface area (Å²) in [4.78, 5) is 0. The molecule has 1 fully saturated rings. The molecule has 0 atom stereocenters. The number of aryl methyl sites for hydroxylation is 2. The van der Waals surface area contributed by atoms with Crippen LogP contribution in [0.5, 0.6) is 0 Å². The van der Waals surface area contributed by atoms with Crippen molar-refractivity contribution in [3.05, 3.63) is 35.5 Å². The molecular formula is C13H15N. The summed E-state index contributed by atoms with van der Waals surface area (Å²) in [6, 6.07) is 9.02. The van der Waals surface area contributed by atoms with E-state index >= 15 is 0 Å². The maximum Gasteiger partial charge on any atom is 0.0482 e. The van der Waals surface area contributed by atoms with Gasteiger partial charge in [-0.2, -0.15) is 0 Å². The monoisotopic (exact) mass is 185 g/mol. The Morgan fingerprint density at radius 3 is 2.79 bits per heavy atom. The van der Waals surface area contributed by atoms with Crippen LogP contribution in [0.15, 0.2) is 24.3 Å². The van der Waals surface area contributed by atoms with E-state index in [2.05, 4.69) is 42.8 Å². The highest BCUT2D eigenvalue weighted by Crippen LogP contribution is 2.43. The van der Waals surface area contributed by atoms with Crippen LogP contribution in [-0.2, 0) is 7.05 Å². The molecule has 0 bridgehead atoms. The summed E-state index contributed by atoms with van der Waals surface area (Å²) in [5, 5.41) is 1.47. The molecule has 1 heteroatoms. The van der Waals surface area contributed by atoms with Crippen LogP contribution < -0.4 is 0 Å². The molecule has 1 heterocycles. The number of nitrogens with zero attached hydrogens (tertiary/aromatic N) is 1. The first-order chi connectivity index (χ1) is 6.77. The predicted molar refractivity (Wildman–Crippen MR) is 59.6 cm³/mol. The number of benzene rings is 1. The molecule has 1 saturated carbocycles. The van der Waals surface area contributed by atoms with Crippen LogP contribution in [0.1, 0.15) is 30.0 Å². The molecule has 0 aliphatic heterocycles. The highest BCUT2D eigenvalue weighted by atomic mass is 14.9. The highest BCUT2D eigenvalue weighted by molar-refractivity contribution is 5.85. The molecule has 0 radical (unpaired) electrons. The van der Waals surface area contributed by atoms with Crippen molar-refractivity contribution in [2.24, 2.45) is 7.05 Å². The maximum absolute atomic E-state index is 2.32. The highest BCUT2D eigenvalue weighted by Gasteiger charge is 2.25. The quantitative estimate of drug-likeness (QED) is 0.642. The van der Waals surface area contributed by atoms with Gasteiger partial charge in [-0.05, 0) is 43.4 Å². The molecule has 1 nitrogen and oxygen atoms in total.